The van der Waals surface area contributed by atoms with Crippen LogP contribution in [0.4, 0.5) is 17.1 Å². The van der Waals surface area contributed by atoms with Gasteiger partial charge in [0.15, 0.2) is 0 Å². The highest BCUT2D eigenvalue weighted by Crippen LogP contribution is 2.18. The zero-order valence-corrected chi connectivity index (χ0v) is 23.4. The van der Waals surface area contributed by atoms with E-state index in [4.69, 9.17) is 11.5 Å². The molecule has 14 nitrogen and oxygen atoms in total. The van der Waals surface area contributed by atoms with Crippen LogP contribution in [0.1, 0.15) is 42.5 Å². The lowest BCUT2D eigenvalue weighted by atomic mass is 10.1. The Hall–Kier alpha value is -5.60. The molecule has 3 aromatic carbocycles. The number of carboxylic acid groups (broad SMARTS) is 1. The Morgan fingerprint density at radius 2 is 1.74 bits per heavy atom. The number of fused-ring (bicyclic) bond motifs is 1. The molecule has 0 bridgehead atoms. The molecule has 0 aliphatic heterocycles. The van der Waals surface area contributed by atoms with Crippen LogP contribution in [-0.4, -0.2) is 44.4 Å². The van der Waals surface area contributed by atoms with E-state index in [9.17, 15) is 29.1 Å². The van der Waals surface area contributed by atoms with Gasteiger partial charge in [-0.2, -0.15) is 0 Å². The number of nitrogens with one attached hydrogen (secondary N) is 2. The van der Waals surface area contributed by atoms with E-state index in [-0.39, 0.29) is 47.5 Å². The summed E-state index contributed by atoms with van der Waals surface area (Å²) in [5, 5.41) is 14.7. The summed E-state index contributed by atoms with van der Waals surface area (Å²) < 4.78 is 5.90. The lowest BCUT2D eigenvalue weighted by molar-refractivity contribution is 0.0599. The molecule has 2 aromatic heterocycles. The first-order chi connectivity index (χ1) is 20.1. The van der Waals surface area contributed by atoms with Crippen LogP contribution >= 0.6 is 12.4 Å². The topological polar surface area (TPSA) is 221 Å². The fraction of sp³-hybridized carbons (Fsp3) is 0.107. The van der Waals surface area contributed by atoms with Crippen LogP contribution in [-0.2, 0) is 17.8 Å². The Morgan fingerprint density at radius 3 is 2.37 bits per heavy atom. The molecule has 5 aromatic rings. The van der Waals surface area contributed by atoms with E-state index in [2.05, 4.69) is 25.3 Å². The summed E-state index contributed by atoms with van der Waals surface area (Å²) in [7, 11) is 1.30. The molecule has 0 atom stereocenters. The highest BCUT2D eigenvalue weighted by molar-refractivity contribution is 5.96. The van der Waals surface area contributed by atoms with Crippen molar-refractivity contribution in [1.82, 2.24) is 19.7 Å². The molecular formula is C28H26ClN7O7. The third-order valence-electron chi connectivity index (χ3n) is 6.03. The third kappa shape index (κ3) is 7.19. The molecular weight excluding hydrogens is 582 g/mol. The maximum absolute atomic E-state index is 12.3. The number of halogens is 1. The number of nitrogen functional groups attached to an aromatic ring is 1. The average Bonchev–Trinajstić information content (AvgIpc) is 3.50. The predicted octanol–water partition coefficient (Wildman–Crippen LogP) is 1.63. The number of hydrogen-bond acceptors (Lipinski definition) is 11. The molecule has 0 aliphatic carbocycles. The first kappa shape index (κ1) is 31.9. The second kappa shape index (κ2) is 13.8. The normalized spacial score (nSPS) is 10.3. The number of carboxylic acids is 1. The van der Waals surface area contributed by atoms with Gasteiger partial charge in [-0.15, -0.1) is 12.4 Å². The van der Waals surface area contributed by atoms with E-state index in [1.165, 1.54) is 30.0 Å². The van der Waals surface area contributed by atoms with Gasteiger partial charge in [0.05, 0.1) is 12.7 Å². The van der Waals surface area contributed by atoms with E-state index in [1.54, 1.807) is 36.4 Å². The number of anilines is 3. The quantitative estimate of drug-likeness (QED) is 0.125. The van der Waals surface area contributed by atoms with Crippen molar-refractivity contribution < 1.29 is 24.2 Å². The number of aromatic carboxylic acids is 1. The Balaban J connectivity index is 0.000000256. The summed E-state index contributed by atoms with van der Waals surface area (Å²) in [6, 6.07) is 15.0. The number of ether oxygens (including phenoxy) is 1. The number of carbonyl (C=O) groups is 3. The van der Waals surface area contributed by atoms with Crippen molar-refractivity contribution in [3.63, 3.8) is 0 Å². The minimum Gasteiger partial charge on any atom is -0.477 e. The molecule has 5 rings (SSSR count). The number of amides is 1. The summed E-state index contributed by atoms with van der Waals surface area (Å²) in [6.07, 6.45) is 2.86. The van der Waals surface area contributed by atoms with Crippen molar-refractivity contribution >= 4 is 53.1 Å². The monoisotopic (exact) mass is 607 g/mol. The maximum atomic E-state index is 12.3. The lowest BCUT2D eigenvalue weighted by Crippen LogP contribution is -2.36. The molecule has 0 saturated carbocycles. The zero-order chi connectivity index (χ0) is 30.4. The van der Waals surface area contributed by atoms with Gasteiger partial charge >= 0.3 is 11.9 Å². The molecule has 0 aliphatic rings. The number of carbonyl (C=O) groups excluding carboxylic acids is 2. The maximum Gasteiger partial charge on any atom is 0.353 e. The van der Waals surface area contributed by atoms with Gasteiger partial charge in [0.1, 0.15) is 22.8 Å². The molecule has 0 unspecified atom stereocenters. The van der Waals surface area contributed by atoms with E-state index in [0.29, 0.717) is 17.8 Å². The molecule has 7 N–H and O–H groups in total. The van der Waals surface area contributed by atoms with Gasteiger partial charge in [-0.1, -0.05) is 24.3 Å². The first-order valence-electron chi connectivity index (χ1n) is 12.3. The van der Waals surface area contributed by atoms with Crippen molar-refractivity contribution in [2.45, 2.75) is 13.1 Å². The van der Waals surface area contributed by atoms with Gasteiger partial charge in [-0.25, -0.2) is 19.6 Å². The van der Waals surface area contributed by atoms with Crippen LogP contribution in [0.15, 0.2) is 76.6 Å². The average molecular weight is 608 g/mol. The van der Waals surface area contributed by atoms with Crippen LogP contribution < -0.4 is 33.0 Å². The number of nitrogens with two attached hydrogens (primary N) is 2. The van der Waals surface area contributed by atoms with Crippen molar-refractivity contribution in [2.24, 2.45) is 5.73 Å². The minimum atomic E-state index is -1.19. The van der Waals surface area contributed by atoms with E-state index >= 15 is 0 Å². The van der Waals surface area contributed by atoms with Crippen LogP contribution in [0.3, 0.4) is 0 Å². The number of methoxy groups -OCH3 is 1. The van der Waals surface area contributed by atoms with Crippen LogP contribution in [0.25, 0.3) is 5.78 Å². The molecule has 2 heterocycles. The van der Waals surface area contributed by atoms with Gasteiger partial charge < -0.3 is 31.9 Å². The zero-order valence-electron chi connectivity index (χ0n) is 22.6. The van der Waals surface area contributed by atoms with Crippen LogP contribution in [0, 0.1) is 0 Å². The Kier molecular flexibility index (Phi) is 10.3. The fourth-order valence-electron chi connectivity index (χ4n) is 3.79. The highest BCUT2D eigenvalue weighted by atomic mass is 35.5. The van der Waals surface area contributed by atoms with Crippen molar-refractivity contribution in [2.75, 3.05) is 18.2 Å². The molecule has 0 fully saturated rings. The van der Waals surface area contributed by atoms with Crippen molar-refractivity contribution in [3.05, 3.63) is 116 Å². The third-order valence-corrected chi connectivity index (χ3v) is 6.03. The number of aromatic nitrogens is 3. The lowest BCUT2D eigenvalue weighted by Gasteiger charge is -2.10. The standard InChI is InChI=1S/C17H14N4O5.C11H11N3O2.ClH/c1-26-16(25)11-4-2-10(3-5-11)9-19-14(22)12-8-13(15(23)24)21-7-6-18-17(21)20-12;12-5-6-2-1-3-7(4-6)14-9-8(13)10(15)11(9)16;/h2-8H,9H2,1H3,(H,19,22)(H,23,24);1-4,14H,5,12-13H2;1H. The summed E-state index contributed by atoms with van der Waals surface area (Å²) in [6.45, 7) is 0.598. The van der Waals surface area contributed by atoms with E-state index in [0.717, 1.165) is 11.1 Å². The molecule has 15 heteroatoms. The van der Waals surface area contributed by atoms with Gasteiger partial charge in [0.25, 0.3) is 16.8 Å². The Morgan fingerprint density at radius 1 is 1.02 bits per heavy atom. The van der Waals surface area contributed by atoms with Gasteiger partial charge in [0.2, 0.25) is 5.78 Å². The van der Waals surface area contributed by atoms with Crippen LogP contribution in [0.5, 0.6) is 0 Å². The number of imidazole rings is 1. The molecule has 0 spiro atoms. The summed E-state index contributed by atoms with van der Waals surface area (Å²) >= 11 is 0. The number of benzene rings is 2. The number of rotatable bonds is 8. The molecule has 0 saturated heterocycles. The predicted molar refractivity (Wildman–Crippen MR) is 160 cm³/mol. The second-order valence-corrected chi connectivity index (χ2v) is 8.78. The minimum absolute atomic E-state index is 0. The summed E-state index contributed by atoms with van der Waals surface area (Å²) in [5.41, 5.74) is 12.5. The smallest absolute Gasteiger partial charge is 0.353 e. The molecule has 1 amide bonds. The van der Waals surface area contributed by atoms with Gasteiger partial charge in [0, 0.05) is 37.2 Å². The number of esters is 1. The van der Waals surface area contributed by atoms with Crippen LogP contribution in [0.2, 0.25) is 0 Å². The Bertz CT molecular complexity index is 1860. The SMILES string of the molecule is COC(=O)c1ccc(CNC(=O)c2cc(C(=O)O)n3ccnc3n2)cc1.Cl.NCc1cccc(Nc2c(N)c(=O)c2=O)c1. The largest absolute Gasteiger partial charge is 0.477 e. The summed E-state index contributed by atoms with van der Waals surface area (Å²) in [5.74, 6) is -2.05. The molecule has 222 valence electrons. The second-order valence-electron chi connectivity index (χ2n) is 8.78. The van der Waals surface area contributed by atoms with Gasteiger partial charge in [-0.05, 0) is 35.4 Å². The van der Waals surface area contributed by atoms with E-state index in [1.807, 2.05) is 12.1 Å². The first-order valence-corrected chi connectivity index (χ1v) is 12.3. The fourth-order valence-corrected chi connectivity index (χ4v) is 3.79. The Labute approximate surface area is 249 Å². The number of hydrogen-bond donors (Lipinski definition) is 5. The molecule has 0 radical (unpaired) electrons. The number of nitrogens with zero attached hydrogens (tertiary/aromatic N) is 3. The highest BCUT2D eigenvalue weighted by Gasteiger charge is 2.18. The van der Waals surface area contributed by atoms with E-state index < -0.39 is 28.7 Å². The molecule has 43 heavy (non-hydrogen) atoms. The summed E-state index contributed by atoms with van der Waals surface area (Å²) in [4.78, 5) is 65.1. The van der Waals surface area contributed by atoms with Crippen molar-refractivity contribution in [1.29, 1.82) is 0 Å². The van der Waals surface area contributed by atoms with Crippen molar-refractivity contribution in [3.8, 4) is 0 Å². The van der Waals surface area contributed by atoms with Gasteiger partial charge in [-0.3, -0.25) is 18.8 Å².